The first-order valence-corrected chi connectivity index (χ1v) is 11.7. The molecule has 10 heteroatoms. The molecule has 0 aromatic heterocycles. The highest BCUT2D eigenvalue weighted by molar-refractivity contribution is 6.10. The minimum atomic E-state index is -1.11. The summed E-state index contributed by atoms with van der Waals surface area (Å²) in [6, 6.07) is -1.54. The predicted molar refractivity (Wildman–Crippen MR) is 128 cm³/mol. The number of phenols is 2. The van der Waals surface area contributed by atoms with E-state index in [9.17, 15) is 24.9 Å². The average Bonchev–Trinajstić information content (AvgIpc) is 2.84. The molecule has 3 N–H and O–H groups in total. The van der Waals surface area contributed by atoms with E-state index in [1.165, 1.54) is 26.2 Å². The number of aromatic hydroxyl groups is 2. The Morgan fingerprint density at radius 2 is 1.58 bits per heavy atom. The molecule has 0 saturated carbocycles. The molecule has 1 fully saturated rings. The molecule has 36 heavy (non-hydrogen) atoms. The molecule has 5 rings (SSSR count). The lowest BCUT2D eigenvalue weighted by atomic mass is 9.73. The first-order chi connectivity index (χ1) is 17.1. The van der Waals surface area contributed by atoms with Crippen LogP contribution in [0.5, 0.6) is 28.7 Å². The zero-order chi connectivity index (χ0) is 26.2. The fourth-order valence-corrected chi connectivity index (χ4v) is 6.40. The second-order valence-electron chi connectivity index (χ2n) is 9.56. The number of aliphatic hydroxyl groups is 1. The molecule has 3 aliphatic heterocycles. The number of methoxy groups -OCH3 is 3. The molecule has 0 aliphatic carbocycles. The fraction of sp³-hybridized carbons (Fsp3) is 0.462. The Bertz CT molecular complexity index is 1310. The Hall–Kier alpha value is -3.50. The highest BCUT2D eigenvalue weighted by Gasteiger charge is 2.58. The smallest absolute Gasteiger partial charge is 0.241 e. The first kappa shape index (κ1) is 24.2. The normalized spacial score (nSPS) is 24.7. The molecule has 192 valence electrons. The maximum atomic E-state index is 14.2. The summed E-state index contributed by atoms with van der Waals surface area (Å²) < 4.78 is 16.5. The largest absolute Gasteiger partial charge is 0.507 e. The van der Waals surface area contributed by atoms with Gasteiger partial charge in [-0.2, -0.15) is 0 Å². The third-order valence-corrected chi connectivity index (χ3v) is 7.96. The number of likely N-dealkylation sites (N-methyl/N-ethyl adjacent to an activating group) is 1. The molecule has 3 heterocycles. The minimum absolute atomic E-state index is 0.0178. The second-order valence-corrected chi connectivity index (χ2v) is 9.56. The van der Waals surface area contributed by atoms with Gasteiger partial charge in [0.2, 0.25) is 5.91 Å². The van der Waals surface area contributed by atoms with Crippen LogP contribution in [0.3, 0.4) is 0 Å². The van der Waals surface area contributed by atoms with Crippen LogP contribution in [-0.4, -0.2) is 83.9 Å². The number of aliphatic hydroxyl groups excluding tert-OH is 1. The number of fused-ring (bicyclic) bond motifs is 7. The van der Waals surface area contributed by atoms with Crippen LogP contribution in [0.25, 0.3) is 0 Å². The Labute approximate surface area is 208 Å². The van der Waals surface area contributed by atoms with Crippen LogP contribution in [-0.2, 0) is 11.2 Å². The number of phenolic OH excluding ortho intramolecular Hbond substituents is 2. The number of ketones is 1. The molecule has 1 amide bonds. The maximum Gasteiger partial charge on any atom is 0.241 e. The Kier molecular flexibility index (Phi) is 5.57. The summed E-state index contributed by atoms with van der Waals surface area (Å²) in [5.74, 6) is -0.483. The standard InChI is InChI=1S/C26H30N2O8/c1-10-7-12-8-13-26(33)28-14(9-29)16-17(20(30)11(2)24(35-5)25(16)36-6)21(31)19(28)18(27(13)3)15(12)22(32)23(10)34-4/h7,13-14,18-19,29-30,32H,8-9H2,1-6H3/t13-,14-,18+,19-/m0/s1. The monoisotopic (exact) mass is 498 g/mol. The van der Waals surface area contributed by atoms with E-state index in [1.54, 1.807) is 18.9 Å². The van der Waals surface area contributed by atoms with Crippen LogP contribution in [0.1, 0.15) is 50.3 Å². The summed E-state index contributed by atoms with van der Waals surface area (Å²) in [5.41, 5.74) is 2.49. The fourth-order valence-electron chi connectivity index (χ4n) is 6.40. The van der Waals surface area contributed by atoms with Gasteiger partial charge in [0.15, 0.2) is 28.8 Å². The van der Waals surface area contributed by atoms with Gasteiger partial charge in [0.1, 0.15) is 11.8 Å². The van der Waals surface area contributed by atoms with Crippen molar-refractivity contribution >= 4 is 11.7 Å². The number of aryl methyl sites for hydroxylation is 1. The van der Waals surface area contributed by atoms with Crippen LogP contribution in [0.4, 0.5) is 0 Å². The van der Waals surface area contributed by atoms with E-state index in [0.717, 1.165) is 11.1 Å². The van der Waals surface area contributed by atoms with Gasteiger partial charge < -0.3 is 34.4 Å². The molecular formula is C26H30N2O8. The number of Topliss-reactive ketones (excluding diaryl/α,β-unsaturated/α-hetero) is 1. The molecule has 0 unspecified atom stereocenters. The van der Waals surface area contributed by atoms with Gasteiger partial charge in [-0.05, 0) is 38.4 Å². The lowest BCUT2D eigenvalue weighted by Crippen LogP contribution is -2.68. The molecule has 10 nitrogen and oxygen atoms in total. The van der Waals surface area contributed by atoms with Crippen LogP contribution >= 0.6 is 0 Å². The number of ether oxygens (including phenoxy) is 3. The molecule has 2 aromatic carbocycles. The van der Waals surface area contributed by atoms with Gasteiger partial charge in [-0.15, -0.1) is 0 Å². The van der Waals surface area contributed by atoms with E-state index in [2.05, 4.69) is 0 Å². The van der Waals surface area contributed by atoms with Crippen molar-refractivity contribution in [3.05, 3.63) is 39.4 Å². The van der Waals surface area contributed by atoms with E-state index < -0.39 is 36.6 Å². The van der Waals surface area contributed by atoms with E-state index in [1.807, 2.05) is 13.0 Å². The summed E-state index contributed by atoms with van der Waals surface area (Å²) in [4.78, 5) is 31.3. The summed E-state index contributed by atoms with van der Waals surface area (Å²) >= 11 is 0. The Balaban J connectivity index is 1.83. The maximum absolute atomic E-state index is 14.2. The molecule has 0 radical (unpaired) electrons. The summed E-state index contributed by atoms with van der Waals surface area (Å²) in [7, 11) is 6.03. The van der Waals surface area contributed by atoms with Gasteiger partial charge in [-0.25, -0.2) is 0 Å². The van der Waals surface area contributed by atoms with Crippen molar-refractivity contribution in [2.24, 2.45) is 0 Å². The van der Waals surface area contributed by atoms with Crippen LogP contribution < -0.4 is 14.2 Å². The zero-order valence-corrected chi connectivity index (χ0v) is 21.1. The first-order valence-electron chi connectivity index (χ1n) is 11.7. The zero-order valence-electron chi connectivity index (χ0n) is 21.1. The van der Waals surface area contributed by atoms with Gasteiger partial charge in [0.05, 0.1) is 51.6 Å². The topological polar surface area (TPSA) is 129 Å². The third-order valence-electron chi connectivity index (χ3n) is 7.96. The van der Waals surface area contributed by atoms with Crippen LogP contribution in [0.2, 0.25) is 0 Å². The van der Waals surface area contributed by atoms with Crippen LogP contribution in [0, 0.1) is 13.8 Å². The quantitative estimate of drug-likeness (QED) is 0.578. The highest BCUT2D eigenvalue weighted by Crippen LogP contribution is 2.56. The molecule has 4 atom stereocenters. The number of carbonyl (C=O) groups is 2. The van der Waals surface area contributed by atoms with Gasteiger partial charge in [0, 0.05) is 16.7 Å². The average molecular weight is 499 g/mol. The highest BCUT2D eigenvalue weighted by atomic mass is 16.5. The minimum Gasteiger partial charge on any atom is -0.507 e. The molecule has 2 bridgehead atoms. The third kappa shape index (κ3) is 2.85. The van der Waals surface area contributed by atoms with Crippen molar-refractivity contribution in [2.45, 2.75) is 44.4 Å². The van der Waals surface area contributed by atoms with E-state index in [-0.39, 0.29) is 40.0 Å². The summed E-state index contributed by atoms with van der Waals surface area (Å²) in [6.07, 6.45) is 0.321. The van der Waals surface area contributed by atoms with Crippen molar-refractivity contribution in [1.29, 1.82) is 0 Å². The Morgan fingerprint density at radius 3 is 2.17 bits per heavy atom. The number of carbonyl (C=O) groups excluding carboxylic acids is 2. The number of rotatable bonds is 4. The molecule has 0 spiro atoms. The van der Waals surface area contributed by atoms with Gasteiger partial charge in [-0.1, -0.05) is 6.07 Å². The summed E-state index contributed by atoms with van der Waals surface area (Å²) in [6.45, 7) is 2.91. The van der Waals surface area contributed by atoms with Gasteiger partial charge in [0.25, 0.3) is 0 Å². The number of hydrogen-bond acceptors (Lipinski definition) is 9. The summed E-state index contributed by atoms with van der Waals surface area (Å²) in [5, 5.41) is 33.0. The second kappa shape index (κ2) is 8.28. The molecular weight excluding hydrogens is 468 g/mol. The van der Waals surface area contributed by atoms with Crippen molar-refractivity contribution in [1.82, 2.24) is 9.80 Å². The lowest BCUT2D eigenvalue weighted by Gasteiger charge is -2.56. The molecule has 2 aromatic rings. The van der Waals surface area contributed by atoms with Crippen molar-refractivity contribution in [2.75, 3.05) is 35.0 Å². The number of amides is 1. The molecule has 3 aliphatic rings. The van der Waals surface area contributed by atoms with Crippen molar-refractivity contribution in [3.63, 3.8) is 0 Å². The van der Waals surface area contributed by atoms with Gasteiger partial charge in [-0.3, -0.25) is 14.5 Å². The number of hydrogen-bond donors (Lipinski definition) is 3. The van der Waals surface area contributed by atoms with E-state index in [4.69, 9.17) is 14.2 Å². The number of piperazine rings is 1. The van der Waals surface area contributed by atoms with E-state index >= 15 is 0 Å². The van der Waals surface area contributed by atoms with E-state index in [0.29, 0.717) is 23.3 Å². The van der Waals surface area contributed by atoms with Gasteiger partial charge >= 0.3 is 0 Å². The van der Waals surface area contributed by atoms with Crippen LogP contribution in [0.15, 0.2) is 6.07 Å². The Morgan fingerprint density at radius 1 is 0.944 bits per heavy atom. The predicted octanol–water partition coefficient (Wildman–Crippen LogP) is 1.78. The lowest BCUT2D eigenvalue weighted by molar-refractivity contribution is -0.155. The SMILES string of the molecule is COc1c(C)cc2c(c1O)[C@@H]1[C@H]3C(=O)c4c(O)c(C)c(OC)c(OC)c4[C@H](CO)N3C(=O)[C@H](C2)N1C. The molecule has 1 saturated heterocycles. The number of benzene rings is 2. The van der Waals surface area contributed by atoms with Crippen molar-refractivity contribution < 1.29 is 39.1 Å². The number of nitrogens with zero attached hydrogens (tertiary/aromatic N) is 2. The van der Waals surface area contributed by atoms with Crippen molar-refractivity contribution in [3.8, 4) is 28.7 Å².